The summed E-state index contributed by atoms with van der Waals surface area (Å²) in [7, 11) is 1.94. The number of aryl methyl sites for hydroxylation is 1. The first kappa shape index (κ1) is 17.9. The maximum absolute atomic E-state index is 12.7. The van der Waals surface area contributed by atoms with Gasteiger partial charge in [-0.1, -0.05) is 25.7 Å². The molecule has 0 unspecified atom stereocenters. The molecule has 0 atom stereocenters. The van der Waals surface area contributed by atoms with Crippen molar-refractivity contribution in [2.45, 2.75) is 58.1 Å². The fourth-order valence-electron chi connectivity index (χ4n) is 3.34. The minimum atomic E-state index is 0.105. The summed E-state index contributed by atoms with van der Waals surface area (Å²) in [5, 5.41) is 3.05. The minimum Gasteiger partial charge on any atom is -0.487 e. The third-order valence-electron chi connectivity index (χ3n) is 4.85. The topological polar surface area (TPSA) is 42.4 Å². The van der Waals surface area contributed by atoms with Gasteiger partial charge in [-0.25, -0.2) is 4.98 Å². The summed E-state index contributed by atoms with van der Waals surface area (Å²) < 4.78 is 5.75. The molecular weight excluding hydrogens is 332 g/mol. The van der Waals surface area contributed by atoms with Crippen LogP contribution in [0.3, 0.4) is 0 Å². The van der Waals surface area contributed by atoms with Crippen molar-refractivity contribution in [3.05, 3.63) is 45.9 Å². The summed E-state index contributed by atoms with van der Waals surface area (Å²) in [6.07, 6.45) is 7.29. The molecule has 0 N–H and O–H groups in total. The maximum atomic E-state index is 12.7. The normalized spacial score (nSPS) is 15.6. The lowest BCUT2D eigenvalue weighted by molar-refractivity contribution is 0.0717. The van der Waals surface area contributed by atoms with Gasteiger partial charge in [0.1, 0.15) is 12.4 Å². The zero-order chi connectivity index (χ0) is 17.6. The molecule has 0 aliphatic heterocycles. The molecule has 1 aromatic heterocycles. The third-order valence-corrected chi connectivity index (χ3v) is 5.67. The number of carbonyl (C=O) groups is 1. The summed E-state index contributed by atoms with van der Waals surface area (Å²) in [5.41, 5.74) is 1.67. The lowest BCUT2D eigenvalue weighted by Gasteiger charge is -2.27. The van der Waals surface area contributed by atoms with Crippen LogP contribution in [0.1, 0.15) is 59.6 Å². The number of thiazole rings is 1. The third kappa shape index (κ3) is 4.82. The smallest absolute Gasteiger partial charge is 0.253 e. The van der Waals surface area contributed by atoms with E-state index in [1.54, 1.807) is 11.3 Å². The molecule has 1 aliphatic rings. The van der Waals surface area contributed by atoms with Crippen LogP contribution in [0.4, 0.5) is 0 Å². The SMILES string of the molecule is Cc1nc(COc2ccc(C(=O)N(C)C3CCCCCC3)cc2)cs1. The van der Waals surface area contributed by atoms with Crippen molar-refractivity contribution in [1.29, 1.82) is 0 Å². The van der Waals surface area contributed by atoms with Gasteiger partial charge in [0.2, 0.25) is 0 Å². The highest BCUT2D eigenvalue weighted by atomic mass is 32.1. The number of hydrogen-bond acceptors (Lipinski definition) is 4. The van der Waals surface area contributed by atoms with Crippen LogP contribution in [0.2, 0.25) is 0 Å². The Morgan fingerprint density at radius 2 is 1.88 bits per heavy atom. The highest BCUT2D eigenvalue weighted by Gasteiger charge is 2.22. The van der Waals surface area contributed by atoms with Crippen LogP contribution in [0.25, 0.3) is 0 Å². The van der Waals surface area contributed by atoms with Gasteiger partial charge in [0, 0.05) is 24.0 Å². The van der Waals surface area contributed by atoms with E-state index in [1.807, 2.05) is 48.5 Å². The minimum absolute atomic E-state index is 0.105. The second-order valence-electron chi connectivity index (χ2n) is 6.73. The second kappa shape index (κ2) is 8.48. The van der Waals surface area contributed by atoms with E-state index in [1.165, 1.54) is 25.7 Å². The summed E-state index contributed by atoms with van der Waals surface area (Å²) in [5.74, 6) is 0.868. The summed E-state index contributed by atoms with van der Waals surface area (Å²) in [6, 6.07) is 7.83. The van der Waals surface area contributed by atoms with Crippen LogP contribution >= 0.6 is 11.3 Å². The Labute approximate surface area is 153 Å². The van der Waals surface area contributed by atoms with Crippen molar-refractivity contribution < 1.29 is 9.53 Å². The van der Waals surface area contributed by atoms with Crippen LogP contribution < -0.4 is 4.74 Å². The molecule has 134 valence electrons. The highest BCUT2D eigenvalue weighted by Crippen LogP contribution is 2.23. The Balaban J connectivity index is 1.57. The van der Waals surface area contributed by atoms with Gasteiger partial charge in [-0.15, -0.1) is 11.3 Å². The summed E-state index contributed by atoms with van der Waals surface area (Å²) in [4.78, 5) is 19.0. The first-order chi connectivity index (χ1) is 12.1. The molecule has 4 nitrogen and oxygen atoms in total. The molecule has 1 saturated carbocycles. The predicted octanol–water partition coefficient (Wildman–Crippen LogP) is 4.83. The lowest BCUT2D eigenvalue weighted by Crippen LogP contribution is -2.36. The van der Waals surface area contributed by atoms with Crippen molar-refractivity contribution in [1.82, 2.24) is 9.88 Å². The van der Waals surface area contributed by atoms with Gasteiger partial charge in [0.25, 0.3) is 5.91 Å². The Kier molecular flexibility index (Phi) is 6.08. The number of carbonyl (C=O) groups excluding carboxylic acids is 1. The molecule has 2 aromatic rings. The maximum Gasteiger partial charge on any atom is 0.253 e. The molecule has 0 saturated heterocycles. The second-order valence-corrected chi connectivity index (χ2v) is 7.79. The van der Waals surface area contributed by atoms with Crippen LogP contribution in [0, 0.1) is 6.92 Å². The first-order valence-corrected chi connectivity index (χ1v) is 9.92. The van der Waals surface area contributed by atoms with Gasteiger partial charge in [0.15, 0.2) is 0 Å². The predicted molar refractivity (Wildman–Crippen MR) is 101 cm³/mol. The van der Waals surface area contributed by atoms with E-state index < -0.39 is 0 Å². The molecule has 3 rings (SSSR count). The summed E-state index contributed by atoms with van der Waals surface area (Å²) in [6.45, 7) is 2.44. The summed E-state index contributed by atoms with van der Waals surface area (Å²) >= 11 is 1.62. The number of hydrogen-bond donors (Lipinski definition) is 0. The van der Waals surface area contributed by atoms with Gasteiger partial charge >= 0.3 is 0 Å². The molecule has 25 heavy (non-hydrogen) atoms. The van der Waals surface area contributed by atoms with Crippen molar-refractivity contribution in [2.24, 2.45) is 0 Å². The molecule has 1 heterocycles. The van der Waals surface area contributed by atoms with Crippen molar-refractivity contribution in [3.63, 3.8) is 0 Å². The van der Waals surface area contributed by atoms with Crippen LogP contribution in [-0.2, 0) is 6.61 Å². The number of benzene rings is 1. The van der Waals surface area contributed by atoms with Gasteiger partial charge in [0.05, 0.1) is 10.7 Å². The molecule has 1 fully saturated rings. The molecular formula is C20H26N2O2S. The molecule has 1 aromatic carbocycles. The molecule has 1 amide bonds. The van der Waals surface area contributed by atoms with Crippen LogP contribution in [0.5, 0.6) is 5.75 Å². The van der Waals surface area contributed by atoms with Gasteiger partial charge in [-0.05, 0) is 44.0 Å². The standard InChI is InChI=1S/C20H26N2O2S/c1-15-21-17(14-25-15)13-24-19-11-9-16(10-12-19)20(23)22(2)18-7-5-3-4-6-8-18/h9-12,14,18H,3-8,13H2,1-2H3. The Hall–Kier alpha value is -1.88. The fourth-order valence-corrected chi connectivity index (χ4v) is 3.94. The van der Waals surface area contributed by atoms with Crippen molar-refractivity contribution in [3.8, 4) is 5.75 Å². The van der Waals surface area contributed by atoms with Crippen molar-refractivity contribution >= 4 is 17.2 Å². The number of aromatic nitrogens is 1. The van der Waals surface area contributed by atoms with Crippen LogP contribution in [-0.4, -0.2) is 28.9 Å². The van der Waals surface area contributed by atoms with E-state index in [0.29, 0.717) is 12.6 Å². The van der Waals surface area contributed by atoms with E-state index in [2.05, 4.69) is 4.98 Å². The van der Waals surface area contributed by atoms with Gasteiger partial charge in [-0.2, -0.15) is 0 Å². The van der Waals surface area contributed by atoms with E-state index in [9.17, 15) is 4.79 Å². The highest BCUT2D eigenvalue weighted by molar-refractivity contribution is 7.09. The molecule has 5 heteroatoms. The lowest BCUT2D eigenvalue weighted by atomic mass is 10.1. The quantitative estimate of drug-likeness (QED) is 0.719. The van der Waals surface area contributed by atoms with Gasteiger partial charge < -0.3 is 9.64 Å². The Morgan fingerprint density at radius 1 is 1.20 bits per heavy atom. The number of ether oxygens (including phenoxy) is 1. The fraction of sp³-hybridized carbons (Fsp3) is 0.500. The Bertz CT molecular complexity index is 688. The number of nitrogens with zero attached hydrogens (tertiary/aromatic N) is 2. The van der Waals surface area contributed by atoms with Gasteiger partial charge in [-0.3, -0.25) is 4.79 Å². The first-order valence-electron chi connectivity index (χ1n) is 9.04. The molecule has 0 radical (unpaired) electrons. The zero-order valence-corrected chi connectivity index (χ0v) is 15.8. The van der Waals surface area contributed by atoms with E-state index in [-0.39, 0.29) is 5.91 Å². The van der Waals surface area contributed by atoms with Crippen molar-refractivity contribution in [2.75, 3.05) is 7.05 Å². The number of amides is 1. The van der Waals surface area contributed by atoms with E-state index >= 15 is 0 Å². The Morgan fingerprint density at radius 3 is 2.48 bits per heavy atom. The van der Waals surface area contributed by atoms with E-state index in [0.717, 1.165) is 34.9 Å². The molecule has 1 aliphatic carbocycles. The average molecular weight is 359 g/mol. The van der Waals surface area contributed by atoms with Crippen LogP contribution in [0.15, 0.2) is 29.6 Å². The largest absolute Gasteiger partial charge is 0.487 e. The monoisotopic (exact) mass is 358 g/mol. The molecule has 0 bridgehead atoms. The zero-order valence-electron chi connectivity index (χ0n) is 15.0. The molecule has 0 spiro atoms. The average Bonchev–Trinajstić information content (AvgIpc) is 2.87. The number of rotatable bonds is 5. The van der Waals surface area contributed by atoms with E-state index in [4.69, 9.17) is 4.74 Å².